The molecule has 0 saturated carbocycles. The third kappa shape index (κ3) is 6.37. The number of thioether (sulfide) groups is 1. The fourth-order valence-electron chi connectivity index (χ4n) is 4.17. The topological polar surface area (TPSA) is 198 Å². The van der Waals surface area contributed by atoms with E-state index < -0.39 is 105 Å². The van der Waals surface area contributed by atoms with Crippen LogP contribution in [-0.4, -0.2) is 89.2 Å². The number of phenolic OH excluding ortho intramolecular Hbond substituents is 2. The summed E-state index contributed by atoms with van der Waals surface area (Å²) in [5.74, 6) is -6.81. The second-order valence-electron chi connectivity index (χ2n) is 8.56. The SMILES string of the molecule is COC1=C(S[C@@H]2O[C@H](COC(C)=O)[C@@H](OC(C)=O)[C@H](OC(C)=O)[C@H]2OC(C)=O)C(=O)c2c(O)ccc(O)c2C1=O. The number of aromatic hydroxyl groups is 2. The summed E-state index contributed by atoms with van der Waals surface area (Å²) in [6, 6.07) is 2.05. The molecule has 1 aromatic rings. The van der Waals surface area contributed by atoms with Gasteiger partial charge in [0.05, 0.1) is 18.2 Å². The maximum absolute atomic E-state index is 13.5. The molecule has 1 aromatic carbocycles. The number of benzene rings is 1. The lowest BCUT2D eigenvalue weighted by molar-refractivity contribution is -0.237. The lowest BCUT2D eigenvalue weighted by atomic mass is 9.91. The highest BCUT2D eigenvalue weighted by Crippen LogP contribution is 2.44. The number of ether oxygens (including phenoxy) is 6. The molecule has 0 spiro atoms. The number of rotatable bonds is 8. The number of hydrogen-bond acceptors (Lipinski definition) is 15. The molecule has 1 heterocycles. The van der Waals surface area contributed by atoms with Crippen molar-refractivity contribution in [3.63, 3.8) is 0 Å². The van der Waals surface area contributed by atoms with Crippen LogP contribution in [-0.2, 0) is 47.6 Å². The van der Waals surface area contributed by atoms with Crippen molar-refractivity contribution in [1.29, 1.82) is 0 Å². The predicted octanol–water partition coefficient (Wildman–Crippen LogP) is 1.15. The van der Waals surface area contributed by atoms with E-state index in [1.54, 1.807) is 0 Å². The summed E-state index contributed by atoms with van der Waals surface area (Å²) < 4.78 is 32.2. The summed E-state index contributed by atoms with van der Waals surface area (Å²) in [7, 11) is 1.10. The Kier molecular flexibility index (Phi) is 9.42. The first-order valence-corrected chi connectivity index (χ1v) is 12.5. The number of hydrogen-bond donors (Lipinski definition) is 2. The molecular weight excluding hydrogens is 556 g/mol. The standard InChI is InChI=1S/C25H26O14S/c1-9(26)35-8-15-20(36-10(2)27)22(37-11(3)28)23(38-12(4)29)25(39-15)40-24-19(33)17-14(31)7-6-13(30)16(17)18(32)21(24)34-5/h6-7,15,20,22-23,25,30-31H,8H2,1-5H3/t15-,20-,22+,23-,25+/m1/s1. The van der Waals surface area contributed by atoms with E-state index in [9.17, 15) is 39.0 Å². The average Bonchev–Trinajstić information content (AvgIpc) is 2.85. The van der Waals surface area contributed by atoms with Gasteiger partial charge in [-0.05, 0) is 12.1 Å². The van der Waals surface area contributed by atoms with Crippen molar-refractivity contribution >= 4 is 47.2 Å². The van der Waals surface area contributed by atoms with Gasteiger partial charge in [0.2, 0.25) is 11.6 Å². The summed E-state index contributed by atoms with van der Waals surface area (Å²) in [6.07, 6.45) is -5.77. The summed E-state index contributed by atoms with van der Waals surface area (Å²) in [5, 5.41) is 20.5. The van der Waals surface area contributed by atoms with Crippen molar-refractivity contribution in [3.05, 3.63) is 33.9 Å². The zero-order valence-corrected chi connectivity index (χ0v) is 22.8. The van der Waals surface area contributed by atoms with E-state index in [2.05, 4.69) is 0 Å². The minimum atomic E-state index is -1.53. The molecule has 0 unspecified atom stereocenters. The van der Waals surface area contributed by atoms with Crippen molar-refractivity contribution in [2.45, 2.75) is 57.5 Å². The van der Waals surface area contributed by atoms with Gasteiger partial charge in [0, 0.05) is 27.7 Å². The Bertz CT molecular complexity index is 1280. The molecule has 40 heavy (non-hydrogen) atoms. The van der Waals surface area contributed by atoms with E-state index in [1.165, 1.54) is 0 Å². The third-order valence-corrected chi connectivity index (χ3v) is 6.84. The fourth-order valence-corrected chi connectivity index (χ4v) is 5.43. The number of carbonyl (C=O) groups excluding carboxylic acids is 6. The van der Waals surface area contributed by atoms with Crippen LogP contribution in [0.5, 0.6) is 11.5 Å². The minimum absolute atomic E-state index is 0.401. The van der Waals surface area contributed by atoms with Gasteiger partial charge in [0.25, 0.3) is 0 Å². The number of fused-ring (bicyclic) bond motifs is 1. The summed E-state index contributed by atoms with van der Waals surface area (Å²) in [4.78, 5) is 73.8. The molecule has 1 fully saturated rings. The van der Waals surface area contributed by atoms with Crippen LogP contribution in [0.25, 0.3) is 0 Å². The molecule has 0 radical (unpaired) electrons. The molecule has 216 valence electrons. The number of ketones is 2. The number of esters is 4. The molecule has 0 aromatic heterocycles. The van der Waals surface area contributed by atoms with Crippen LogP contribution < -0.4 is 0 Å². The van der Waals surface area contributed by atoms with Crippen LogP contribution >= 0.6 is 11.8 Å². The van der Waals surface area contributed by atoms with E-state index in [4.69, 9.17) is 28.4 Å². The molecule has 3 rings (SSSR count). The average molecular weight is 583 g/mol. The molecule has 0 bridgehead atoms. The zero-order chi connectivity index (χ0) is 29.9. The highest BCUT2D eigenvalue weighted by Gasteiger charge is 2.53. The number of methoxy groups -OCH3 is 1. The second kappa shape index (κ2) is 12.4. The predicted molar refractivity (Wildman–Crippen MR) is 132 cm³/mol. The summed E-state index contributed by atoms with van der Waals surface area (Å²) in [6.45, 7) is 3.77. The minimum Gasteiger partial charge on any atom is -0.507 e. The lowest BCUT2D eigenvalue weighted by Crippen LogP contribution is -2.61. The fraction of sp³-hybridized carbons (Fsp3) is 0.440. The normalized spacial score (nSPS) is 24.1. The number of phenols is 2. The molecule has 14 nitrogen and oxygen atoms in total. The second-order valence-corrected chi connectivity index (χ2v) is 9.67. The first-order valence-electron chi connectivity index (χ1n) is 11.7. The van der Waals surface area contributed by atoms with Gasteiger partial charge in [0.15, 0.2) is 24.1 Å². The molecule has 0 amide bonds. The molecule has 1 aliphatic heterocycles. The van der Waals surface area contributed by atoms with E-state index in [1.807, 2.05) is 0 Å². The van der Waals surface area contributed by atoms with Gasteiger partial charge in [-0.1, -0.05) is 11.8 Å². The van der Waals surface area contributed by atoms with Crippen molar-refractivity contribution in [2.75, 3.05) is 13.7 Å². The van der Waals surface area contributed by atoms with Crippen LogP contribution in [0.2, 0.25) is 0 Å². The van der Waals surface area contributed by atoms with Crippen molar-refractivity contribution in [3.8, 4) is 11.5 Å². The van der Waals surface area contributed by atoms with Crippen LogP contribution in [0.3, 0.4) is 0 Å². The summed E-state index contributed by atoms with van der Waals surface area (Å²) in [5.41, 5.74) is -2.43. The summed E-state index contributed by atoms with van der Waals surface area (Å²) >= 11 is 0.524. The van der Waals surface area contributed by atoms with E-state index >= 15 is 0 Å². The maximum Gasteiger partial charge on any atom is 0.303 e. The Morgan fingerprint density at radius 1 is 0.800 bits per heavy atom. The van der Waals surface area contributed by atoms with Crippen molar-refractivity contribution in [2.24, 2.45) is 0 Å². The Balaban J connectivity index is 2.14. The van der Waals surface area contributed by atoms with Crippen LogP contribution in [0.4, 0.5) is 0 Å². The first-order chi connectivity index (χ1) is 18.8. The highest BCUT2D eigenvalue weighted by molar-refractivity contribution is 8.04. The van der Waals surface area contributed by atoms with Gasteiger partial charge in [0.1, 0.15) is 34.6 Å². The van der Waals surface area contributed by atoms with Gasteiger partial charge in [-0.15, -0.1) is 0 Å². The van der Waals surface area contributed by atoms with E-state index in [-0.39, 0.29) is 0 Å². The van der Waals surface area contributed by atoms with Gasteiger partial charge in [-0.2, -0.15) is 0 Å². The number of allylic oxidation sites excluding steroid dienone is 2. The Morgan fingerprint density at radius 2 is 1.30 bits per heavy atom. The van der Waals surface area contributed by atoms with Crippen molar-refractivity contribution < 1.29 is 67.4 Å². The van der Waals surface area contributed by atoms with Crippen LogP contribution in [0, 0.1) is 0 Å². The van der Waals surface area contributed by atoms with Crippen LogP contribution in [0.15, 0.2) is 22.8 Å². The zero-order valence-electron chi connectivity index (χ0n) is 22.0. The van der Waals surface area contributed by atoms with Gasteiger partial charge in [-0.25, -0.2) is 0 Å². The monoisotopic (exact) mass is 582 g/mol. The third-order valence-electron chi connectivity index (χ3n) is 5.62. The molecule has 15 heteroatoms. The molecule has 1 aliphatic carbocycles. The quantitative estimate of drug-likeness (QED) is 0.251. The van der Waals surface area contributed by atoms with Gasteiger partial charge >= 0.3 is 23.9 Å². The van der Waals surface area contributed by atoms with Gasteiger partial charge in [-0.3, -0.25) is 28.8 Å². The maximum atomic E-state index is 13.5. The van der Waals surface area contributed by atoms with E-state index in [0.717, 1.165) is 46.9 Å². The lowest BCUT2D eigenvalue weighted by Gasteiger charge is -2.44. The Labute approximate surface area is 231 Å². The molecule has 1 saturated heterocycles. The van der Waals surface area contributed by atoms with Gasteiger partial charge < -0.3 is 38.6 Å². The molecular formula is C25H26O14S. The van der Waals surface area contributed by atoms with Crippen molar-refractivity contribution in [1.82, 2.24) is 0 Å². The first kappa shape index (κ1) is 30.4. The van der Waals surface area contributed by atoms with E-state index in [0.29, 0.717) is 11.8 Å². The smallest absolute Gasteiger partial charge is 0.303 e. The Morgan fingerprint density at radius 3 is 1.80 bits per heavy atom. The number of carbonyl (C=O) groups is 6. The van der Waals surface area contributed by atoms with Crippen LogP contribution in [0.1, 0.15) is 48.4 Å². The Hall–Kier alpha value is -4.11. The highest BCUT2D eigenvalue weighted by atomic mass is 32.2. The largest absolute Gasteiger partial charge is 0.507 e. The molecule has 5 atom stereocenters. The molecule has 2 N–H and O–H groups in total. The number of Topliss-reactive ketones (excluding diaryl/α,β-unsaturated/α-hetero) is 2. The molecule has 2 aliphatic rings.